The third-order valence-electron chi connectivity index (χ3n) is 0.839. The Hall–Kier alpha value is 0.540. The number of hydrogen-bond acceptors (Lipinski definition) is 1. The molecule has 0 aliphatic rings. The summed E-state index contributed by atoms with van der Waals surface area (Å²) >= 11 is 11.1. The van der Waals surface area contributed by atoms with E-state index in [2.05, 4.69) is 0 Å². The van der Waals surface area contributed by atoms with Crippen LogP contribution in [-0.2, 0) is 4.74 Å². The predicted octanol–water partition coefficient (Wildman–Crippen LogP) is 2.61. The molecule has 0 aromatic rings. The van der Waals surface area contributed by atoms with E-state index in [1.165, 1.54) is 0 Å². The Bertz CT molecular complexity index is 59.0. The summed E-state index contributed by atoms with van der Waals surface area (Å²) in [5, 5.41) is 0. The van der Waals surface area contributed by atoms with Crippen LogP contribution >= 0.6 is 23.2 Å². The fourth-order valence-electron chi connectivity index (χ4n) is 0.415. The molecule has 0 N–H and O–H groups in total. The van der Waals surface area contributed by atoms with Gasteiger partial charge in [0, 0.05) is 18.9 Å². The Morgan fingerprint density at radius 1 is 1.56 bits per heavy atom. The molecule has 0 aliphatic carbocycles. The molecular weight excluding hydrogens is 159 g/mol. The third-order valence-corrected chi connectivity index (χ3v) is 1.40. The summed E-state index contributed by atoms with van der Waals surface area (Å²) < 4.78 is 5.11. The van der Waals surface area contributed by atoms with E-state index in [-0.39, 0.29) is 5.56 Å². The van der Waals surface area contributed by atoms with Crippen LogP contribution in [0.2, 0.25) is 0 Å². The van der Waals surface area contributed by atoms with Crippen molar-refractivity contribution < 1.29 is 4.74 Å². The van der Waals surface area contributed by atoms with Crippen molar-refractivity contribution in [2.45, 2.75) is 25.3 Å². The van der Waals surface area contributed by atoms with Crippen molar-refractivity contribution in [3.8, 4) is 0 Å². The second kappa shape index (κ2) is 6.66. The zero-order chi connectivity index (χ0) is 7.11. The van der Waals surface area contributed by atoms with Crippen molar-refractivity contribution in [1.29, 1.82) is 0 Å². The molecule has 0 saturated carbocycles. The van der Waals surface area contributed by atoms with Crippen molar-refractivity contribution in [3.63, 3.8) is 0 Å². The number of ether oxygens (including phenoxy) is 1. The molecule has 0 aromatic carbocycles. The molecule has 0 heterocycles. The quantitative estimate of drug-likeness (QED) is 0.577. The maximum absolute atomic E-state index is 5.65. The first-order valence-electron chi connectivity index (χ1n) is 3.13. The number of halogens is 2. The Balaban J connectivity index is 2.95. The van der Waals surface area contributed by atoms with E-state index in [0.29, 0.717) is 5.88 Å². The minimum Gasteiger partial charge on any atom is -0.362 e. The molecule has 0 spiro atoms. The summed E-state index contributed by atoms with van der Waals surface area (Å²) in [4.78, 5) is 0. The van der Waals surface area contributed by atoms with E-state index in [1.807, 2.05) is 6.92 Å². The summed E-state index contributed by atoms with van der Waals surface area (Å²) in [6.45, 7) is 2.77. The largest absolute Gasteiger partial charge is 0.362 e. The SMILES string of the molecule is CCCOC(Cl)CCCl. The maximum atomic E-state index is 5.65. The van der Waals surface area contributed by atoms with Gasteiger partial charge in [-0.3, -0.25) is 0 Å². The van der Waals surface area contributed by atoms with Crippen LogP contribution in [-0.4, -0.2) is 18.1 Å². The van der Waals surface area contributed by atoms with Crippen LogP contribution in [0.1, 0.15) is 19.8 Å². The van der Waals surface area contributed by atoms with E-state index in [4.69, 9.17) is 27.9 Å². The molecule has 0 amide bonds. The van der Waals surface area contributed by atoms with Crippen LogP contribution in [0.25, 0.3) is 0 Å². The molecule has 3 heteroatoms. The number of hydrogen-bond donors (Lipinski definition) is 0. The van der Waals surface area contributed by atoms with Gasteiger partial charge in [0.25, 0.3) is 0 Å². The molecule has 1 nitrogen and oxygen atoms in total. The van der Waals surface area contributed by atoms with Crippen LogP contribution in [0.4, 0.5) is 0 Å². The molecule has 0 saturated heterocycles. The molecule has 0 aliphatic heterocycles. The van der Waals surface area contributed by atoms with Crippen LogP contribution in [0.15, 0.2) is 0 Å². The van der Waals surface area contributed by atoms with Gasteiger partial charge in [0.1, 0.15) is 5.56 Å². The van der Waals surface area contributed by atoms with E-state index in [0.717, 1.165) is 19.4 Å². The first kappa shape index (κ1) is 9.54. The minimum atomic E-state index is -0.192. The van der Waals surface area contributed by atoms with Gasteiger partial charge in [-0.05, 0) is 6.42 Å². The highest BCUT2D eigenvalue weighted by molar-refractivity contribution is 6.21. The van der Waals surface area contributed by atoms with Gasteiger partial charge in [-0.15, -0.1) is 11.6 Å². The zero-order valence-corrected chi connectivity index (χ0v) is 7.08. The lowest BCUT2D eigenvalue weighted by molar-refractivity contribution is 0.106. The predicted molar refractivity (Wildman–Crippen MR) is 41.2 cm³/mol. The summed E-state index contributed by atoms with van der Waals surface area (Å²) in [7, 11) is 0. The lowest BCUT2D eigenvalue weighted by Gasteiger charge is -2.06. The molecule has 1 atom stereocenters. The summed E-state index contributed by atoms with van der Waals surface area (Å²) in [6, 6.07) is 0. The topological polar surface area (TPSA) is 9.23 Å². The van der Waals surface area contributed by atoms with Crippen molar-refractivity contribution in [3.05, 3.63) is 0 Å². The van der Waals surface area contributed by atoms with Crippen molar-refractivity contribution >= 4 is 23.2 Å². The lowest BCUT2D eigenvalue weighted by Crippen LogP contribution is -2.05. The first-order valence-corrected chi connectivity index (χ1v) is 4.10. The molecule has 0 rings (SSSR count). The number of alkyl halides is 2. The highest BCUT2D eigenvalue weighted by atomic mass is 35.5. The summed E-state index contributed by atoms with van der Waals surface area (Å²) in [5.74, 6) is 0.567. The second-order valence-electron chi connectivity index (χ2n) is 1.76. The van der Waals surface area contributed by atoms with Crippen molar-refractivity contribution in [1.82, 2.24) is 0 Å². The van der Waals surface area contributed by atoms with Gasteiger partial charge in [0.15, 0.2) is 0 Å². The average Bonchev–Trinajstić information content (AvgIpc) is 1.85. The maximum Gasteiger partial charge on any atom is 0.132 e. The molecule has 0 radical (unpaired) electrons. The molecule has 1 unspecified atom stereocenters. The smallest absolute Gasteiger partial charge is 0.132 e. The molecule has 0 fully saturated rings. The van der Waals surface area contributed by atoms with Crippen LogP contribution in [0.5, 0.6) is 0 Å². The van der Waals surface area contributed by atoms with Gasteiger partial charge in [-0.25, -0.2) is 0 Å². The Kier molecular flexibility index (Phi) is 7.06. The molecule has 0 aromatic heterocycles. The van der Waals surface area contributed by atoms with Gasteiger partial charge in [-0.2, -0.15) is 0 Å². The first-order chi connectivity index (χ1) is 4.31. The summed E-state index contributed by atoms with van der Waals surface area (Å²) in [6.07, 6.45) is 1.73. The Labute approximate surface area is 66.3 Å². The van der Waals surface area contributed by atoms with Gasteiger partial charge < -0.3 is 4.74 Å². The van der Waals surface area contributed by atoms with Gasteiger partial charge >= 0.3 is 0 Å². The molecule has 56 valence electrons. The van der Waals surface area contributed by atoms with Gasteiger partial charge in [0.2, 0.25) is 0 Å². The molecular formula is C6H12Cl2O. The van der Waals surface area contributed by atoms with Crippen LogP contribution < -0.4 is 0 Å². The van der Waals surface area contributed by atoms with Crippen LogP contribution in [0, 0.1) is 0 Å². The highest BCUT2D eigenvalue weighted by Gasteiger charge is 2.00. The number of rotatable bonds is 5. The summed E-state index contributed by atoms with van der Waals surface area (Å²) in [5.41, 5.74) is -0.192. The van der Waals surface area contributed by atoms with E-state index >= 15 is 0 Å². The standard InChI is InChI=1S/C6H12Cl2O/c1-2-5-9-6(8)3-4-7/h6H,2-5H2,1H3. The highest BCUT2D eigenvalue weighted by Crippen LogP contribution is 2.04. The molecule has 0 bridgehead atoms. The lowest BCUT2D eigenvalue weighted by atomic mass is 10.5. The van der Waals surface area contributed by atoms with Crippen LogP contribution in [0.3, 0.4) is 0 Å². The molecule has 9 heavy (non-hydrogen) atoms. The Morgan fingerprint density at radius 2 is 2.22 bits per heavy atom. The fraction of sp³-hybridized carbons (Fsp3) is 1.00. The third kappa shape index (κ3) is 6.42. The van der Waals surface area contributed by atoms with E-state index in [1.54, 1.807) is 0 Å². The van der Waals surface area contributed by atoms with E-state index < -0.39 is 0 Å². The van der Waals surface area contributed by atoms with Crippen molar-refractivity contribution in [2.75, 3.05) is 12.5 Å². The Morgan fingerprint density at radius 3 is 2.67 bits per heavy atom. The fourth-order valence-corrected chi connectivity index (χ4v) is 0.923. The second-order valence-corrected chi connectivity index (χ2v) is 2.62. The van der Waals surface area contributed by atoms with Crippen molar-refractivity contribution in [2.24, 2.45) is 0 Å². The van der Waals surface area contributed by atoms with Gasteiger partial charge in [-0.1, -0.05) is 18.5 Å². The monoisotopic (exact) mass is 170 g/mol. The van der Waals surface area contributed by atoms with E-state index in [9.17, 15) is 0 Å². The average molecular weight is 171 g/mol. The normalized spacial score (nSPS) is 13.7. The minimum absolute atomic E-state index is 0.192. The zero-order valence-electron chi connectivity index (χ0n) is 5.57. The van der Waals surface area contributed by atoms with Gasteiger partial charge in [0.05, 0.1) is 0 Å².